The van der Waals surface area contributed by atoms with E-state index in [1.807, 2.05) is 19.9 Å². The molecule has 4 rings (SSSR count). The summed E-state index contributed by atoms with van der Waals surface area (Å²) >= 11 is 0. The van der Waals surface area contributed by atoms with Crippen LogP contribution in [0, 0.1) is 27.7 Å². The average molecular weight is 496 g/mol. The fourth-order valence-electron chi connectivity index (χ4n) is 6.38. The van der Waals surface area contributed by atoms with Crippen molar-refractivity contribution < 1.29 is 13.9 Å². The number of furan rings is 1. The summed E-state index contributed by atoms with van der Waals surface area (Å²) in [6, 6.07) is 7.87. The quantitative estimate of drug-likeness (QED) is 0.427. The summed E-state index contributed by atoms with van der Waals surface area (Å²) < 4.78 is 11.7. The van der Waals surface area contributed by atoms with Crippen molar-refractivity contribution in [3.8, 4) is 5.75 Å². The van der Waals surface area contributed by atoms with Gasteiger partial charge in [0, 0.05) is 24.2 Å². The fraction of sp³-hybridized carbons (Fsp3) is 0.633. The lowest BCUT2D eigenvalue weighted by atomic mass is 9.91. The van der Waals surface area contributed by atoms with Gasteiger partial charge < -0.3 is 19.4 Å². The van der Waals surface area contributed by atoms with Crippen molar-refractivity contribution in [2.24, 2.45) is 0 Å². The first-order valence-electron chi connectivity index (χ1n) is 13.7. The number of hydrogen-bond acceptors (Lipinski definition) is 5. The maximum absolute atomic E-state index is 12.9. The molecule has 1 amide bonds. The first kappa shape index (κ1) is 26.7. The maximum atomic E-state index is 12.9. The van der Waals surface area contributed by atoms with Crippen molar-refractivity contribution >= 4 is 5.91 Å². The molecule has 0 radical (unpaired) electrons. The SMILES string of the molecule is Cc1cc(C(=O)NC2CC3CCC(C2)N3C(C)c2ccc(OCCCCN(C)C)c(C)c2C)c(C)o1. The molecule has 1 aromatic carbocycles. The topological polar surface area (TPSA) is 58.0 Å². The Morgan fingerprint density at radius 1 is 1.11 bits per heavy atom. The van der Waals surface area contributed by atoms with E-state index in [2.05, 4.69) is 62.1 Å². The molecule has 2 aliphatic heterocycles. The Morgan fingerprint density at radius 2 is 1.81 bits per heavy atom. The lowest BCUT2D eigenvalue weighted by Gasteiger charge is -2.43. The second-order valence-electron chi connectivity index (χ2n) is 11.2. The van der Waals surface area contributed by atoms with Gasteiger partial charge in [-0.25, -0.2) is 0 Å². The highest BCUT2D eigenvalue weighted by molar-refractivity contribution is 5.95. The summed E-state index contributed by atoms with van der Waals surface area (Å²) in [5, 5.41) is 3.31. The molecule has 6 heteroatoms. The molecule has 3 atom stereocenters. The number of carbonyl (C=O) groups excluding carboxylic acids is 1. The van der Waals surface area contributed by atoms with Crippen LogP contribution >= 0.6 is 0 Å². The molecule has 2 aromatic rings. The molecule has 3 heterocycles. The summed E-state index contributed by atoms with van der Waals surface area (Å²) in [5.41, 5.74) is 4.67. The van der Waals surface area contributed by atoms with Crippen molar-refractivity contribution in [2.45, 2.75) is 97.3 Å². The molecular formula is C30H45N3O3. The van der Waals surface area contributed by atoms with E-state index in [-0.39, 0.29) is 11.9 Å². The first-order chi connectivity index (χ1) is 17.2. The average Bonchev–Trinajstić information content (AvgIpc) is 3.30. The van der Waals surface area contributed by atoms with E-state index >= 15 is 0 Å². The molecule has 1 N–H and O–H groups in total. The highest BCUT2D eigenvalue weighted by Crippen LogP contribution is 2.43. The van der Waals surface area contributed by atoms with Gasteiger partial charge in [0.2, 0.25) is 0 Å². The largest absolute Gasteiger partial charge is 0.493 e. The molecule has 1 aromatic heterocycles. The third kappa shape index (κ3) is 5.81. The van der Waals surface area contributed by atoms with Crippen molar-refractivity contribution in [1.82, 2.24) is 15.1 Å². The van der Waals surface area contributed by atoms with E-state index in [0.717, 1.165) is 50.3 Å². The van der Waals surface area contributed by atoms with Crippen LogP contribution in [0.5, 0.6) is 5.75 Å². The van der Waals surface area contributed by atoms with E-state index in [1.54, 1.807) is 0 Å². The Balaban J connectivity index is 1.37. The number of benzene rings is 1. The molecular weight excluding hydrogens is 450 g/mol. The van der Waals surface area contributed by atoms with E-state index in [1.165, 1.54) is 29.5 Å². The van der Waals surface area contributed by atoms with Crippen LogP contribution in [-0.2, 0) is 0 Å². The van der Waals surface area contributed by atoms with E-state index < -0.39 is 0 Å². The normalized spacial score (nSPS) is 22.7. The molecule has 2 bridgehead atoms. The zero-order valence-electron chi connectivity index (χ0n) is 23.3. The highest BCUT2D eigenvalue weighted by Gasteiger charge is 2.43. The van der Waals surface area contributed by atoms with Gasteiger partial charge in [0.1, 0.15) is 17.3 Å². The van der Waals surface area contributed by atoms with Gasteiger partial charge in [0.15, 0.2) is 0 Å². The minimum atomic E-state index is -0.000907. The second-order valence-corrected chi connectivity index (χ2v) is 11.2. The number of rotatable bonds is 10. The van der Waals surface area contributed by atoms with Gasteiger partial charge in [0.05, 0.1) is 12.2 Å². The lowest BCUT2D eigenvalue weighted by Crippen LogP contribution is -2.51. The Bertz CT molecular complexity index is 1050. The Kier molecular flexibility index (Phi) is 8.46. The van der Waals surface area contributed by atoms with Gasteiger partial charge in [-0.3, -0.25) is 9.69 Å². The lowest BCUT2D eigenvalue weighted by molar-refractivity contribution is 0.0688. The number of piperidine rings is 1. The molecule has 2 saturated heterocycles. The second kappa shape index (κ2) is 11.4. The predicted molar refractivity (Wildman–Crippen MR) is 145 cm³/mol. The summed E-state index contributed by atoms with van der Waals surface area (Å²) in [6.07, 6.45) is 6.65. The van der Waals surface area contributed by atoms with Crippen LogP contribution in [0.3, 0.4) is 0 Å². The predicted octanol–water partition coefficient (Wildman–Crippen LogP) is 5.72. The minimum absolute atomic E-state index is 0.000907. The van der Waals surface area contributed by atoms with Gasteiger partial charge in [0.25, 0.3) is 5.91 Å². The first-order valence-corrected chi connectivity index (χ1v) is 13.7. The summed E-state index contributed by atoms with van der Waals surface area (Å²) in [7, 11) is 4.23. The highest BCUT2D eigenvalue weighted by atomic mass is 16.5. The van der Waals surface area contributed by atoms with Crippen LogP contribution in [0.25, 0.3) is 0 Å². The van der Waals surface area contributed by atoms with Crippen LogP contribution in [-0.4, -0.2) is 61.1 Å². The number of nitrogens with one attached hydrogen (secondary N) is 1. The number of carbonyl (C=O) groups is 1. The summed E-state index contributed by atoms with van der Waals surface area (Å²) in [6.45, 7) is 12.4. The maximum Gasteiger partial charge on any atom is 0.255 e. The van der Waals surface area contributed by atoms with Gasteiger partial charge in [-0.1, -0.05) is 6.07 Å². The number of amides is 1. The molecule has 0 spiro atoms. The van der Waals surface area contributed by atoms with Crippen LogP contribution in [0.1, 0.15) is 90.1 Å². The fourth-order valence-corrected chi connectivity index (χ4v) is 6.38. The number of hydrogen-bond donors (Lipinski definition) is 1. The van der Waals surface area contributed by atoms with Crippen molar-refractivity contribution in [3.05, 3.63) is 52.0 Å². The molecule has 6 nitrogen and oxygen atoms in total. The van der Waals surface area contributed by atoms with E-state index in [9.17, 15) is 4.79 Å². The van der Waals surface area contributed by atoms with E-state index in [0.29, 0.717) is 29.4 Å². The van der Waals surface area contributed by atoms with Crippen molar-refractivity contribution in [3.63, 3.8) is 0 Å². The van der Waals surface area contributed by atoms with Crippen LogP contribution < -0.4 is 10.1 Å². The van der Waals surface area contributed by atoms with E-state index in [4.69, 9.17) is 9.15 Å². The van der Waals surface area contributed by atoms with Crippen molar-refractivity contribution in [2.75, 3.05) is 27.2 Å². The number of fused-ring (bicyclic) bond motifs is 2. The molecule has 0 saturated carbocycles. The summed E-state index contributed by atoms with van der Waals surface area (Å²) in [4.78, 5) is 17.8. The standard InChI is InChI=1S/C30H45N3O3/c1-19-16-28(23(5)36-19)30(34)31-24-17-25-10-11-26(18-24)33(25)22(4)27-12-13-29(21(3)20(27)2)35-15-9-8-14-32(6)7/h12-13,16,22,24-26H,8-11,14-15,17-18H2,1-7H3,(H,31,34). The third-order valence-corrected chi connectivity index (χ3v) is 8.34. The molecule has 36 heavy (non-hydrogen) atoms. The number of ether oxygens (including phenoxy) is 1. The zero-order valence-corrected chi connectivity index (χ0v) is 23.3. The Morgan fingerprint density at radius 3 is 2.42 bits per heavy atom. The smallest absolute Gasteiger partial charge is 0.255 e. The van der Waals surface area contributed by atoms with Gasteiger partial charge in [-0.05, 0) is 123 Å². The number of nitrogens with zero attached hydrogens (tertiary/aromatic N) is 2. The van der Waals surface area contributed by atoms with Crippen LogP contribution in [0.4, 0.5) is 0 Å². The third-order valence-electron chi connectivity index (χ3n) is 8.34. The zero-order chi connectivity index (χ0) is 26.0. The van der Waals surface area contributed by atoms with Crippen molar-refractivity contribution in [1.29, 1.82) is 0 Å². The minimum Gasteiger partial charge on any atom is -0.493 e. The Labute approximate surface area is 217 Å². The monoisotopic (exact) mass is 495 g/mol. The molecule has 2 fully saturated rings. The number of aryl methyl sites for hydroxylation is 2. The van der Waals surface area contributed by atoms with Gasteiger partial charge >= 0.3 is 0 Å². The number of unbranched alkanes of at least 4 members (excludes halogenated alkanes) is 1. The molecule has 3 unspecified atom stereocenters. The molecule has 198 valence electrons. The van der Waals surface area contributed by atoms with Crippen LogP contribution in [0.15, 0.2) is 22.6 Å². The van der Waals surface area contributed by atoms with Gasteiger partial charge in [-0.15, -0.1) is 0 Å². The Hall–Kier alpha value is -2.31. The molecule has 0 aliphatic carbocycles. The van der Waals surface area contributed by atoms with Crippen LogP contribution in [0.2, 0.25) is 0 Å². The van der Waals surface area contributed by atoms with Gasteiger partial charge in [-0.2, -0.15) is 0 Å². The summed E-state index contributed by atoms with van der Waals surface area (Å²) in [5.74, 6) is 2.50. The molecule has 2 aliphatic rings.